The van der Waals surface area contributed by atoms with Crippen LogP contribution >= 0.6 is 0 Å². The molecular formula is C12H18O3. The molecule has 15 heavy (non-hydrogen) atoms. The zero-order chi connectivity index (χ0) is 11.4. The smallest absolute Gasteiger partial charge is 0.125 e. The predicted molar refractivity (Wildman–Crippen MR) is 59.3 cm³/mol. The molecule has 0 fully saturated rings. The van der Waals surface area contributed by atoms with Gasteiger partial charge in [0.2, 0.25) is 0 Å². The average molecular weight is 210 g/mol. The number of aliphatic hydroxyl groups excluding tert-OH is 1. The van der Waals surface area contributed by atoms with Gasteiger partial charge in [0.25, 0.3) is 0 Å². The molecule has 0 radical (unpaired) electrons. The number of phenolic OH excluding ortho intramolecular Hbond substituents is 1. The van der Waals surface area contributed by atoms with Crippen molar-refractivity contribution in [3.8, 4) is 11.5 Å². The van der Waals surface area contributed by atoms with Crippen LogP contribution < -0.4 is 4.74 Å². The van der Waals surface area contributed by atoms with Crippen molar-refractivity contribution in [3.63, 3.8) is 0 Å². The molecule has 0 aliphatic heterocycles. The number of hydrogen-bond acceptors (Lipinski definition) is 3. The number of aromatic hydroxyl groups is 1. The van der Waals surface area contributed by atoms with Gasteiger partial charge < -0.3 is 14.9 Å². The Morgan fingerprint density at radius 1 is 1.40 bits per heavy atom. The van der Waals surface area contributed by atoms with Crippen LogP contribution in [-0.4, -0.2) is 23.9 Å². The van der Waals surface area contributed by atoms with Gasteiger partial charge in [-0.05, 0) is 36.5 Å². The van der Waals surface area contributed by atoms with Gasteiger partial charge in [0, 0.05) is 12.7 Å². The van der Waals surface area contributed by atoms with Crippen molar-refractivity contribution >= 4 is 0 Å². The van der Waals surface area contributed by atoms with Gasteiger partial charge in [0.15, 0.2) is 0 Å². The normalized spacial score (nSPS) is 12.5. The van der Waals surface area contributed by atoms with Crippen LogP contribution in [0.5, 0.6) is 11.5 Å². The summed E-state index contributed by atoms with van der Waals surface area (Å²) in [5.41, 5.74) is 1.85. The number of hydrogen-bond donors (Lipinski definition) is 2. The lowest BCUT2D eigenvalue weighted by atomic mass is 9.99. The number of phenols is 1. The summed E-state index contributed by atoms with van der Waals surface area (Å²) in [6, 6.07) is 3.52. The summed E-state index contributed by atoms with van der Waals surface area (Å²) in [6.45, 7) is 4.01. The van der Waals surface area contributed by atoms with E-state index >= 15 is 0 Å². The molecule has 0 spiro atoms. The van der Waals surface area contributed by atoms with E-state index in [0.29, 0.717) is 12.2 Å². The zero-order valence-corrected chi connectivity index (χ0v) is 9.45. The molecule has 0 aromatic heterocycles. The maximum absolute atomic E-state index is 9.73. The van der Waals surface area contributed by atoms with Gasteiger partial charge in [-0.25, -0.2) is 0 Å². The Morgan fingerprint density at radius 2 is 2.07 bits per heavy atom. The quantitative estimate of drug-likeness (QED) is 0.797. The van der Waals surface area contributed by atoms with Crippen LogP contribution in [0.4, 0.5) is 0 Å². The summed E-state index contributed by atoms with van der Waals surface area (Å²) in [4.78, 5) is 0. The number of aliphatic hydroxyl groups is 1. The van der Waals surface area contributed by atoms with Crippen molar-refractivity contribution in [2.24, 2.45) is 5.92 Å². The minimum Gasteiger partial charge on any atom is -0.508 e. The van der Waals surface area contributed by atoms with Gasteiger partial charge in [-0.1, -0.05) is 6.92 Å². The van der Waals surface area contributed by atoms with E-state index in [1.165, 1.54) is 0 Å². The van der Waals surface area contributed by atoms with Gasteiger partial charge in [-0.15, -0.1) is 0 Å². The highest BCUT2D eigenvalue weighted by Gasteiger charge is 2.10. The van der Waals surface area contributed by atoms with Crippen LogP contribution in [0.2, 0.25) is 0 Å². The van der Waals surface area contributed by atoms with Gasteiger partial charge in [0.05, 0.1) is 7.11 Å². The number of methoxy groups -OCH3 is 1. The molecule has 0 bridgehead atoms. The van der Waals surface area contributed by atoms with E-state index in [4.69, 9.17) is 9.84 Å². The van der Waals surface area contributed by atoms with Crippen molar-refractivity contribution in [1.82, 2.24) is 0 Å². The first-order valence-electron chi connectivity index (χ1n) is 5.05. The average Bonchev–Trinajstić information content (AvgIpc) is 2.22. The SMILES string of the molecule is COc1cc(O)c(CC(C)CO)cc1C. The largest absolute Gasteiger partial charge is 0.508 e. The maximum Gasteiger partial charge on any atom is 0.125 e. The number of aryl methyl sites for hydroxylation is 1. The Balaban J connectivity index is 2.95. The van der Waals surface area contributed by atoms with Crippen molar-refractivity contribution in [1.29, 1.82) is 0 Å². The van der Waals surface area contributed by atoms with E-state index in [1.54, 1.807) is 13.2 Å². The predicted octanol–water partition coefficient (Wildman–Crippen LogP) is 1.88. The van der Waals surface area contributed by atoms with Gasteiger partial charge in [0.1, 0.15) is 11.5 Å². The van der Waals surface area contributed by atoms with Gasteiger partial charge in [-0.3, -0.25) is 0 Å². The second kappa shape index (κ2) is 5.03. The topological polar surface area (TPSA) is 49.7 Å². The Bertz CT molecular complexity index is 334. The minimum atomic E-state index is 0.129. The fourth-order valence-electron chi connectivity index (χ4n) is 1.56. The van der Waals surface area contributed by atoms with E-state index < -0.39 is 0 Å². The molecule has 0 heterocycles. The van der Waals surface area contributed by atoms with Gasteiger partial charge >= 0.3 is 0 Å². The molecule has 0 aliphatic rings. The molecule has 1 aromatic carbocycles. The number of ether oxygens (including phenoxy) is 1. The Labute approximate surface area is 90.3 Å². The molecule has 2 N–H and O–H groups in total. The van der Waals surface area contributed by atoms with Crippen LogP contribution in [0, 0.1) is 12.8 Å². The lowest BCUT2D eigenvalue weighted by Crippen LogP contribution is -2.05. The van der Waals surface area contributed by atoms with E-state index in [2.05, 4.69) is 0 Å². The summed E-state index contributed by atoms with van der Waals surface area (Å²) >= 11 is 0. The third-order valence-electron chi connectivity index (χ3n) is 2.48. The molecule has 0 amide bonds. The summed E-state index contributed by atoms with van der Waals surface area (Å²) in [5, 5.41) is 18.7. The molecule has 0 saturated carbocycles. The zero-order valence-electron chi connectivity index (χ0n) is 9.45. The maximum atomic E-state index is 9.73. The van der Waals surface area contributed by atoms with Crippen molar-refractivity contribution in [2.75, 3.05) is 13.7 Å². The minimum absolute atomic E-state index is 0.129. The summed E-state index contributed by atoms with van der Waals surface area (Å²) < 4.78 is 5.10. The Hall–Kier alpha value is -1.22. The Morgan fingerprint density at radius 3 is 2.60 bits per heavy atom. The fourth-order valence-corrected chi connectivity index (χ4v) is 1.56. The first-order valence-corrected chi connectivity index (χ1v) is 5.05. The van der Waals surface area contributed by atoms with Crippen LogP contribution in [0.1, 0.15) is 18.1 Å². The second-order valence-corrected chi connectivity index (χ2v) is 3.94. The molecule has 1 unspecified atom stereocenters. The van der Waals surface area contributed by atoms with Crippen molar-refractivity contribution in [3.05, 3.63) is 23.3 Å². The highest BCUT2D eigenvalue weighted by atomic mass is 16.5. The van der Waals surface area contributed by atoms with E-state index in [1.807, 2.05) is 19.9 Å². The monoisotopic (exact) mass is 210 g/mol. The highest BCUT2D eigenvalue weighted by Crippen LogP contribution is 2.29. The molecule has 1 atom stereocenters. The van der Waals surface area contributed by atoms with Crippen molar-refractivity contribution < 1.29 is 14.9 Å². The summed E-state index contributed by atoms with van der Waals surface area (Å²) in [7, 11) is 1.58. The molecule has 3 heteroatoms. The third kappa shape index (κ3) is 2.86. The fraction of sp³-hybridized carbons (Fsp3) is 0.500. The van der Waals surface area contributed by atoms with Crippen molar-refractivity contribution in [2.45, 2.75) is 20.3 Å². The molecule has 1 aromatic rings. The number of rotatable bonds is 4. The molecule has 0 aliphatic carbocycles. The van der Waals surface area contributed by atoms with Crippen LogP contribution in [0.3, 0.4) is 0 Å². The molecule has 3 nitrogen and oxygen atoms in total. The molecule has 0 saturated heterocycles. The molecule has 1 rings (SSSR count). The molecule has 84 valence electrons. The first kappa shape index (κ1) is 11.9. The molecular weight excluding hydrogens is 192 g/mol. The van der Waals surface area contributed by atoms with Crippen LogP contribution in [0.25, 0.3) is 0 Å². The first-order chi connectivity index (χ1) is 7.08. The van der Waals surface area contributed by atoms with Crippen LogP contribution in [-0.2, 0) is 6.42 Å². The second-order valence-electron chi connectivity index (χ2n) is 3.94. The third-order valence-corrected chi connectivity index (χ3v) is 2.48. The van der Waals surface area contributed by atoms with E-state index in [9.17, 15) is 5.11 Å². The van der Waals surface area contributed by atoms with Crippen LogP contribution in [0.15, 0.2) is 12.1 Å². The standard InChI is InChI=1S/C12H18O3/c1-8(7-13)4-10-5-9(2)12(15-3)6-11(10)14/h5-6,8,13-14H,4,7H2,1-3H3. The highest BCUT2D eigenvalue weighted by molar-refractivity contribution is 5.45. The summed E-state index contributed by atoms with van der Waals surface area (Å²) in [6.07, 6.45) is 0.674. The van der Waals surface area contributed by atoms with E-state index in [-0.39, 0.29) is 18.3 Å². The lowest BCUT2D eigenvalue weighted by Gasteiger charge is -2.12. The van der Waals surface area contributed by atoms with E-state index in [0.717, 1.165) is 11.1 Å². The lowest BCUT2D eigenvalue weighted by molar-refractivity contribution is 0.236. The summed E-state index contributed by atoms with van der Waals surface area (Å²) in [5.74, 6) is 1.08. The van der Waals surface area contributed by atoms with Gasteiger partial charge in [-0.2, -0.15) is 0 Å². The number of benzene rings is 1. The Kier molecular flexibility index (Phi) is 3.97.